The van der Waals surface area contributed by atoms with E-state index >= 15 is 0 Å². The van der Waals surface area contributed by atoms with Crippen LogP contribution in [0, 0.1) is 5.82 Å². The van der Waals surface area contributed by atoms with Gasteiger partial charge in [-0.05, 0) is 37.5 Å². The molecule has 0 saturated carbocycles. The predicted molar refractivity (Wildman–Crippen MR) is 109 cm³/mol. The van der Waals surface area contributed by atoms with Crippen molar-refractivity contribution in [1.82, 2.24) is 20.1 Å². The molecule has 0 spiro atoms. The van der Waals surface area contributed by atoms with E-state index in [9.17, 15) is 14.3 Å². The van der Waals surface area contributed by atoms with Gasteiger partial charge < -0.3 is 20.3 Å². The van der Waals surface area contributed by atoms with Gasteiger partial charge >= 0.3 is 0 Å². The molecule has 1 saturated heterocycles. The van der Waals surface area contributed by atoms with Crippen molar-refractivity contribution in [3.8, 4) is 11.4 Å². The number of aryl methyl sites for hydroxylation is 1. The molecule has 1 fully saturated rings. The van der Waals surface area contributed by atoms with Gasteiger partial charge in [0.05, 0.1) is 17.7 Å². The number of aromatic nitrogens is 3. The van der Waals surface area contributed by atoms with E-state index in [-0.39, 0.29) is 30.7 Å². The third kappa shape index (κ3) is 4.63. The summed E-state index contributed by atoms with van der Waals surface area (Å²) >= 11 is 0. The Balaban J connectivity index is 0.00000140. The van der Waals surface area contributed by atoms with Crippen LogP contribution >= 0.6 is 24.8 Å². The summed E-state index contributed by atoms with van der Waals surface area (Å²) in [4.78, 5) is 12.3. The highest BCUT2D eigenvalue weighted by Crippen LogP contribution is 2.27. The molecule has 2 unspecified atom stereocenters. The number of β-amino-alcohol motifs (C(OH)–C–C–N with tert-alkyl or cyclic N) is 1. The van der Waals surface area contributed by atoms with E-state index in [1.807, 2.05) is 4.57 Å². The summed E-state index contributed by atoms with van der Waals surface area (Å²) in [6.45, 7) is 1.18. The van der Waals surface area contributed by atoms with Crippen molar-refractivity contribution in [3.63, 3.8) is 0 Å². The van der Waals surface area contributed by atoms with Gasteiger partial charge in [-0.1, -0.05) is 6.42 Å². The molecule has 7 nitrogen and oxygen atoms in total. The van der Waals surface area contributed by atoms with Crippen LogP contribution in [-0.2, 0) is 17.8 Å². The average Bonchev–Trinajstić information content (AvgIpc) is 3.16. The van der Waals surface area contributed by atoms with Gasteiger partial charge in [0.25, 0.3) is 0 Å². The van der Waals surface area contributed by atoms with E-state index < -0.39 is 18.0 Å². The molecule has 154 valence electrons. The monoisotopic (exact) mass is 431 g/mol. The number of fused-ring (bicyclic) bond motifs is 1. The normalized spacial score (nSPS) is 21.1. The van der Waals surface area contributed by atoms with E-state index in [0.29, 0.717) is 30.0 Å². The van der Waals surface area contributed by atoms with Crippen molar-refractivity contribution >= 4 is 36.4 Å². The first kappa shape index (κ1) is 22.5. The molecule has 0 radical (unpaired) electrons. The maximum atomic E-state index is 14.5. The zero-order valence-corrected chi connectivity index (χ0v) is 16.9. The minimum absolute atomic E-state index is 0. The molecule has 1 aromatic heterocycles. The molecule has 1 aromatic carbocycles. The first-order valence-corrected chi connectivity index (χ1v) is 9.06. The predicted octanol–water partition coefficient (Wildman–Crippen LogP) is 2.32. The Kier molecular flexibility index (Phi) is 7.77. The van der Waals surface area contributed by atoms with E-state index in [1.54, 1.807) is 6.07 Å². The largest absolute Gasteiger partial charge is 0.392 e. The first-order chi connectivity index (χ1) is 12.6. The number of carbonyl (C=O) groups is 1. The highest BCUT2D eigenvalue weighted by atomic mass is 35.5. The van der Waals surface area contributed by atoms with E-state index in [4.69, 9.17) is 0 Å². The molecular weight excluding hydrogens is 408 g/mol. The number of rotatable bonds is 3. The smallest absolute Gasteiger partial charge is 0.241 e. The molecule has 1 amide bonds. The first-order valence-electron chi connectivity index (χ1n) is 9.06. The Morgan fingerprint density at radius 3 is 2.82 bits per heavy atom. The van der Waals surface area contributed by atoms with Crippen molar-refractivity contribution in [2.24, 2.45) is 0 Å². The minimum atomic E-state index is -0.513. The zero-order chi connectivity index (χ0) is 18.1. The Labute approximate surface area is 174 Å². The number of halogens is 3. The third-order valence-electron chi connectivity index (χ3n) is 5.01. The number of benzene rings is 1. The van der Waals surface area contributed by atoms with Gasteiger partial charge in [0.15, 0.2) is 5.82 Å². The molecule has 0 aliphatic carbocycles. The summed E-state index contributed by atoms with van der Waals surface area (Å²) in [5.41, 5.74) is 0.837. The third-order valence-corrected chi connectivity index (χ3v) is 5.01. The van der Waals surface area contributed by atoms with Gasteiger partial charge in [0.2, 0.25) is 5.91 Å². The zero-order valence-electron chi connectivity index (χ0n) is 15.2. The fourth-order valence-electron chi connectivity index (χ4n) is 3.60. The lowest BCUT2D eigenvalue weighted by atomic mass is 10.1. The standard InChI is InChI=1S/C18H22FN5O2.2ClH/c19-14-6-5-11(21-18(26)15-9-12(25)10-20-15)8-13(14)17-23-22-16-4-2-1-3-7-24(16)17;;/h5-6,8,12,15,20,25H,1-4,7,9-10H2,(H,21,26);2*1H. The van der Waals surface area contributed by atoms with Crippen molar-refractivity contribution in [2.75, 3.05) is 11.9 Å². The second-order valence-electron chi connectivity index (χ2n) is 6.94. The Bertz CT molecular complexity index is 832. The quantitative estimate of drug-likeness (QED) is 0.693. The van der Waals surface area contributed by atoms with Crippen LogP contribution in [0.2, 0.25) is 0 Å². The number of nitrogens with zero attached hydrogens (tertiary/aromatic N) is 3. The van der Waals surface area contributed by atoms with E-state index in [2.05, 4.69) is 20.8 Å². The Hall–Kier alpha value is -1.74. The fourth-order valence-corrected chi connectivity index (χ4v) is 3.60. The van der Waals surface area contributed by atoms with Crippen molar-refractivity contribution in [2.45, 2.75) is 50.8 Å². The Morgan fingerprint density at radius 2 is 2.07 bits per heavy atom. The van der Waals surface area contributed by atoms with Crippen molar-refractivity contribution in [3.05, 3.63) is 29.8 Å². The number of hydrogen-bond donors (Lipinski definition) is 3. The van der Waals surface area contributed by atoms with Crippen LogP contribution in [0.5, 0.6) is 0 Å². The second kappa shape index (κ2) is 9.65. The average molecular weight is 432 g/mol. The number of nitrogens with one attached hydrogen (secondary N) is 2. The van der Waals surface area contributed by atoms with Crippen molar-refractivity contribution in [1.29, 1.82) is 0 Å². The SMILES string of the molecule is Cl.Cl.O=C(Nc1ccc(F)c(-c2nnc3n2CCCCC3)c1)C1CC(O)CN1. The number of aliphatic hydroxyl groups is 1. The van der Waals surface area contributed by atoms with Crippen LogP contribution < -0.4 is 10.6 Å². The van der Waals surface area contributed by atoms with E-state index in [1.165, 1.54) is 12.1 Å². The Morgan fingerprint density at radius 1 is 1.25 bits per heavy atom. The van der Waals surface area contributed by atoms with Gasteiger partial charge in [0.1, 0.15) is 11.6 Å². The van der Waals surface area contributed by atoms with Crippen LogP contribution in [0.25, 0.3) is 11.4 Å². The van der Waals surface area contributed by atoms with Gasteiger partial charge in [0, 0.05) is 25.2 Å². The summed E-state index contributed by atoms with van der Waals surface area (Å²) in [7, 11) is 0. The molecule has 2 aliphatic heterocycles. The molecular formula is C18H24Cl2FN5O2. The molecule has 0 bridgehead atoms. The maximum absolute atomic E-state index is 14.5. The molecule has 4 rings (SSSR count). The van der Waals surface area contributed by atoms with Gasteiger partial charge in [-0.2, -0.15) is 0 Å². The summed E-state index contributed by atoms with van der Waals surface area (Å²) in [6, 6.07) is 4.02. The highest BCUT2D eigenvalue weighted by Gasteiger charge is 2.28. The number of anilines is 1. The van der Waals surface area contributed by atoms with E-state index in [0.717, 1.165) is 38.1 Å². The van der Waals surface area contributed by atoms with Gasteiger partial charge in [-0.3, -0.25) is 4.79 Å². The number of hydrogen-bond acceptors (Lipinski definition) is 5. The lowest BCUT2D eigenvalue weighted by Gasteiger charge is -2.13. The van der Waals surface area contributed by atoms with Crippen molar-refractivity contribution < 1.29 is 14.3 Å². The topological polar surface area (TPSA) is 92.1 Å². The number of carbonyl (C=O) groups excluding carboxylic acids is 1. The van der Waals surface area contributed by atoms with Gasteiger partial charge in [-0.15, -0.1) is 35.0 Å². The van der Waals surface area contributed by atoms with Crippen LogP contribution in [-0.4, -0.2) is 44.5 Å². The van der Waals surface area contributed by atoms with Gasteiger partial charge in [-0.25, -0.2) is 4.39 Å². The number of amides is 1. The summed E-state index contributed by atoms with van der Waals surface area (Å²) in [6.07, 6.45) is 3.92. The molecule has 28 heavy (non-hydrogen) atoms. The maximum Gasteiger partial charge on any atom is 0.241 e. The molecule has 2 aliphatic rings. The van der Waals surface area contributed by atoms with Crippen LogP contribution in [0.4, 0.5) is 10.1 Å². The highest BCUT2D eigenvalue weighted by molar-refractivity contribution is 5.95. The lowest BCUT2D eigenvalue weighted by Crippen LogP contribution is -2.35. The molecule has 3 heterocycles. The summed E-state index contributed by atoms with van der Waals surface area (Å²) < 4.78 is 16.4. The molecule has 10 heteroatoms. The molecule has 2 aromatic rings. The minimum Gasteiger partial charge on any atom is -0.392 e. The van der Waals surface area contributed by atoms with Crippen LogP contribution in [0.1, 0.15) is 31.5 Å². The molecule has 3 N–H and O–H groups in total. The summed E-state index contributed by atoms with van der Waals surface area (Å²) in [5.74, 6) is 0.761. The number of aliphatic hydroxyl groups excluding tert-OH is 1. The molecule has 2 atom stereocenters. The lowest BCUT2D eigenvalue weighted by molar-refractivity contribution is -0.117. The summed E-state index contributed by atoms with van der Waals surface area (Å²) in [5, 5.41) is 23.7. The fraction of sp³-hybridized carbons (Fsp3) is 0.500. The second-order valence-corrected chi connectivity index (χ2v) is 6.94. The van der Waals surface area contributed by atoms with Crippen LogP contribution in [0.3, 0.4) is 0 Å². The van der Waals surface area contributed by atoms with Crippen LogP contribution in [0.15, 0.2) is 18.2 Å².